The third-order valence-corrected chi connectivity index (χ3v) is 2.94. The van der Waals surface area contributed by atoms with Crippen molar-refractivity contribution in [3.63, 3.8) is 0 Å². The summed E-state index contributed by atoms with van der Waals surface area (Å²) >= 11 is 0. The first-order valence-corrected chi connectivity index (χ1v) is 5.78. The molecule has 0 heterocycles. The van der Waals surface area contributed by atoms with E-state index >= 15 is 0 Å². The van der Waals surface area contributed by atoms with Crippen molar-refractivity contribution < 1.29 is 42.2 Å². The van der Waals surface area contributed by atoms with Crippen LogP contribution in [0.5, 0.6) is 0 Å². The van der Waals surface area contributed by atoms with Crippen LogP contribution >= 0.6 is 0 Å². The molecular formula is C16H15O2Y-. The smallest absolute Gasteiger partial charge is 0.148 e. The van der Waals surface area contributed by atoms with Crippen molar-refractivity contribution in [1.29, 1.82) is 0 Å². The van der Waals surface area contributed by atoms with Gasteiger partial charge in [0.25, 0.3) is 0 Å². The first-order chi connectivity index (χ1) is 8.53. The fourth-order valence-corrected chi connectivity index (χ4v) is 1.89. The van der Waals surface area contributed by atoms with Gasteiger partial charge in [-0.2, -0.15) is 0 Å². The molecule has 2 aromatic rings. The Morgan fingerprint density at radius 2 is 1.79 bits per heavy atom. The van der Waals surface area contributed by atoms with E-state index in [0.717, 1.165) is 10.9 Å². The number of esters is 1. The van der Waals surface area contributed by atoms with Gasteiger partial charge in [-0.25, -0.2) is 0 Å². The van der Waals surface area contributed by atoms with Crippen molar-refractivity contribution in [2.24, 2.45) is 0 Å². The minimum Gasteiger partial charge on any atom is -0.479 e. The summed E-state index contributed by atoms with van der Waals surface area (Å²) in [6, 6.07) is 14.1. The minimum absolute atomic E-state index is 0. The second-order valence-electron chi connectivity index (χ2n) is 4.64. The number of carbonyl (C=O) groups excluding carboxylic acids is 1. The third-order valence-electron chi connectivity index (χ3n) is 2.94. The first kappa shape index (κ1) is 16.1. The van der Waals surface area contributed by atoms with Crippen LogP contribution in [0, 0.1) is 6.08 Å². The average Bonchev–Trinajstić information content (AvgIpc) is 2.37. The van der Waals surface area contributed by atoms with Crippen LogP contribution < -0.4 is 0 Å². The Hall–Kier alpha value is -0.986. The molecule has 0 fully saturated rings. The Morgan fingerprint density at radius 3 is 2.42 bits per heavy atom. The summed E-state index contributed by atoms with van der Waals surface area (Å²) in [6.45, 7) is 7.00. The Labute approximate surface area is 138 Å². The fraction of sp³-hybridized carbons (Fsp3) is 0.188. The summed E-state index contributed by atoms with van der Waals surface area (Å²) in [5.41, 5.74) is 0.260. The van der Waals surface area contributed by atoms with Gasteiger partial charge in [-0.15, -0.1) is 0 Å². The number of rotatable bonds is 3. The second-order valence-corrected chi connectivity index (χ2v) is 4.64. The standard InChI is InChI=1S/C16H15O2.Y/c1-4-15(17)18-16(2,3)14-10-9-12-7-5-6-8-13(12)11-14;/h5-11H,1H2,2-3H3;/q-1;. The molecule has 0 saturated heterocycles. The predicted octanol–water partition coefficient (Wildman–Crippen LogP) is 3.60. The molecule has 19 heavy (non-hydrogen) atoms. The molecule has 0 atom stereocenters. The quantitative estimate of drug-likeness (QED) is 0.489. The van der Waals surface area contributed by atoms with Crippen LogP contribution in [-0.4, -0.2) is 5.97 Å². The van der Waals surface area contributed by atoms with Crippen LogP contribution in [0.4, 0.5) is 0 Å². The zero-order valence-corrected chi connectivity index (χ0v) is 14.0. The van der Waals surface area contributed by atoms with E-state index in [1.54, 1.807) is 0 Å². The van der Waals surface area contributed by atoms with Crippen molar-refractivity contribution >= 4 is 16.7 Å². The number of ether oxygens (including phenoxy) is 1. The third kappa shape index (κ3) is 3.74. The number of carbonyl (C=O) groups is 1. The molecule has 0 unspecified atom stereocenters. The molecule has 0 spiro atoms. The van der Waals surface area contributed by atoms with E-state index in [2.05, 4.69) is 18.7 Å². The van der Waals surface area contributed by atoms with Gasteiger partial charge in [-0.1, -0.05) is 36.4 Å². The molecule has 0 aromatic heterocycles. The van der Waals surface area contributed by atoms with Gasteiger partial charge < -0.3 is 10.8 Å². The monoisotopic (exact) mass is 328 g/mol. The van der Waals surface area contributed by atoms with Gasteiger partial charge in [0.05, 0.1) is 0 Å². The van der Waals surface area contributed by atoms with Crippen LogP contribution in [0.3, 0.4) is 0 Å². The fourth-order valence-electron chi connectivity index (χ4n) is 1.89. The number of benzene rings is 2. The molecule has 1 radical (unpaired) electrons. The molecule has 2 aromatic carbocycles. The van der Waals surface area contributed by atoms with Gasteiger partial charge in [-0.3, -0.25) is 11.4 Å². The van der Waals surface area contributed by atoms with Crippen molar-refractivity contribution in [3.8, 4) is 0 Å². The normalized spacial score (nSPS) is 10.6. The molecule has 0 aliphatic heterocycles. The van der Waals surface area contributed by atoms with Crippen LogP contribution in [-0.2, 0) is 47.8 Å². The molecule has 2 nitrogen and oxygen atoms in total. The van der Waals surface area contributed by atoms with Crippen molar-refractivity contribution in [3.05, 3.63) is 60.7 Å². The van der Waals surface area contributed by atoms with Crippen LogP contribution in [0.2, 0.25) is 0 Å². The average molecular weight is 328 g/mol. The zero-order chi connectivity index (χ0) is 13.2. The van der Waals surface area contributed by atoms with E-state index < -0.39 is 11.6 Å². The number of fused-ring (bicyclic) bond motifs is 1. The maximum absolute atomic E-state index is 11.3. The summed E-state index contributed by atoms with van der Waals surface area (Å²) in [5.74, 6) is -0.534. The van der Waals surface area contributed by atoms with Crippen LogP contribution in [0.25, 0.3) is 10.8 Å². The van der Waals surface area contributed by atoms with Gasteiger partial charge >= 0.3 is 0 Å². The zero-order valence-electron chi connectivity index (χ0n) is 11.1. The Morgan fingerprint density at radius 1 is 1.16 bits per heavy atom. The van der Waals surface area contributed by atoms with E-state index in [4.69, 9.17) is 4.74 Å². The van der Waals surface area contributed by atoms with Crippen molar-refractivity contribution in [2.75, 3.05) is 0 Å². The van der Waals surface area contributed by atoms with Gasteiger partial charge in [0, 0.05) is 32.7 Å². The Bertz CT molecular complexity index is 602. The summed E-state index contributed by atoms with van der Waals surface area (Å²) < 4.78 is 5.31. The number of hydrogen-bond donors (Lipinski definition) is 0. The summed E-state index contributed by atoms with van der Waals surface area (Å²) in [5, 5.41) is 2.29. The molecule has 0 amide bonds. The van der Waals surface area contributed by atoms with Gasteiger partial charge in [0.15, 0.2) is 0 Å². The summed E-state index contributed by atoms with van der Waals surface area (Å²) in [7, 11) is 0. The molecule has 2 rings (SSSR count). The molecule has 0 saturated carbocycles. The molecule has 0 aliphatic rings. The Balaban J connectivity index is 0.00000180. The van der Waals surface area contributed by atoms with E-state index in [0.29, 0.717) is 0 Å². The van der Waals surface area contributed by atoms with Crippen LogP contribution in [0.1, 0.15) is 19.4 Å². The van der Waals surface area contributed by atoms with Crippen molar-refractivity contribution in [2.45, 2.75) is 19.4 Å². The number of hydrogen-bond acceptors (Lipinski definition) is 2. The Kier molecular flexibility index (Phi) is 5.45. The van der Waals surface area contributed by atoms with E-state index in [1.807, 2.05) is 50.2 Å². The molecule has 95 valence electrons. The molecular weight excluding hydrogens is 313 g/mol. The van der Waals surface area contributed by atoms with E-state index in [1.165, 1.54) is 5.39 Å². The van der Waals surface area contributed by atoms with Gasteiger partial charge in [0.1, 0.15) is 11.6 Å². The van der Waals surface area contributed by atoms with Crippen molar-refractivity contribution in [1.82, 2.24) is 0 Å². The van der Waals surface area contributed by atoms with E-state index in [-0.39, 0.29) is 32.7 Å². The molecule has 3 heteroatoms. The minimum atomic E-state index is -0.689. The second kappa shape index (κ2) is 6.45. The van der Waals surface area contributed by atoms with E-state index in [9.17, 15) is 4.79 Å². The largest absolute Gasteiger partial charge is 0.479 e. The van der Waals surface area contributed by atoms with Gasteiger partial charge in [0.2, 0.25) is 0 Å². The first-order valence-electron chi connectivity index (χ1n) is 5.78. The maximum atomic E-state index is 11.3. The van der Waals surface area contributed by atoms with Crippen LogP contribution in [0.15, 0.2) is 49.0 Å². The SMILES string of the molecule is C=[C-]C(=O)OC(C)(C)c1ccc2ccccc2c1.[Y]. The summed E-state index contributed by atoms with van der Waals surface area (Å²) in [4.78, 5) is 11.3. The molecule has 0 bridgehead atoms. The van der Waals surface area contributed by atoms with Gasteiger partial charge in [-0.05, 0) is 36.2 Å². The molecule has 0 N–H and O–H groups in total. The maximum Gasteiger partial charge on any atom is 0.148 e. The predicted molar refractivity (Wildman–Crippen MR) is 71.9 cm³/mol. The molecule has 0 aliphatic carbocycles. The summed E-state index contributed by atoms with van der Waals surface area (Å²) in [6.07, 6.45) is 2.22. The topological polar surface area (TPSA) is 26.3 Å².